The molecule has 0 spiro atoms. The molecule has 0 saturated carbocycles. The van der Waals surface area contributed by atoms with Crippen LogP contribution in [-0.4, -0.2) is 23.9 Å². The molecule has 1 aromatic carbocycles. The highest BCUT2D eigenvalue weighted by Crippen LogP contribution is 2.27. The Hall–Kier alpha value is -1.88. The van der Waals surface area contributed by atoms with Gasteiger partial charge in [0.05, 0.1) is 24.5 Å². The number of rotatable bonds is 5. The normalized spacial score (nSPS) is 12.4. The van der Waals surface area contributed by atoms with Crippen molar-refractivity contribution in [3.05, 3.63) is 47.0 Å². The molecule has 0 amide bonds. The van der Waals surface area contributed by atoms with Gasteiger partial charge >= 0.3 is 0 Å². The summed E-state index contributed by atoms with van der Waals surface area (Å²) in [7, 11) is 3.34. The van der Waals surface area contributed by atoms with Crippen LogP contribution < -0.4 is 10.1 Å². The van der Waals surface area contributed by atoms with Crippen molar-refractivity contribution in [3.63, 3.8) is 0 Å². The lowest BCUT2D eigenvalue weighted by Gasteiger charge is -2.19. The van der Waals surface area contributed by atoms with Crippen molar-refractivity contribution in [1.82, 2.24) is 15.1 Å². The summed E-state index contributed by atoms with van der Waals surface area (Å²) in [5.74, 6) is 0.228. The summed E-state index contributed by atoms with van der Waals surface area (Å²) in [4.78, 5) is 0. The second kappa shape index (κ2) is 6.05. The highest BCUT2D eigenvalue weighted by atomic mass is 19.1. The van der Waals surface area contributed by atoms with Gasteiger partial charge in [-0.15, -0.1) is 0 Å². The van der Waals surface area contributed by atoms with E-state index in [0.717, 1.165) is 17.9 Å². The minimum Gasteiger partial charge on any atom is -0.497 e. The number of methoxy groups -OCH3 is 1. The zero-order chi connectivity index (χ0) is 14.7. The van der Waals surface area contributed by atoms with E-state index in [1.807, 2.05) is 31.6 Å². The van der Waals surface area contributed by atoms with Gasteiger partial charge in [-0.3, -0.25) is 4.68 Å². The topological polar surface area (TPSA) is 39.1 Å². The van der Waals surface area contributed by atoms with E-state index in [4.69, 9.17) is 4.74 Å². The first-order valence-electron chi connectivity index (χ1n) is 6.65. The van der Waals surface area contributed by atoms with Crippen LogP contribution in [0.1, 0.15) is 29.9 Å². The Morgan fingerprint density at radius 2 is 2.15 bits per heavy atom. The summed E-state index contributed by atoms with van der Waals surface area (Å²) in [6.45, 7) is 4.71. The minimum absolute atomic E-state index is 0.234. The van der Waals surface area contributed by atoms with Crippen molar-refractivity contribution in [3.8, 4) is 5.75 Å². The largest absolute Gasteiger partial charge is 0.497 e. The van der Waals surface area contributed by atoms with Crippen molar-refractivity contribution in [2.24, 2.45) is 0 Å². The standard InChI is InChI=1S/C15H20FN3O/c1-5-19-14(8-10(2)18-19)15(17-3)12-7-6-11(20-4)9-13(12)16/h6-9,15,17H,5H2,1-4H3. The quantitative estimate of drug-likeness (QED) is 0.913. The number of ether oxygens (including phenoxy) is 1. The molecule has 1 aromatic heterocycles. The maximum absolute atomic E-state index is 14.3. The fourth-order valence-electron chi connectivity index (χ4n) is 2.38. The highest BCUT2D eigenvalue weighted by molar-refractivity contribution is 5.35. The van der Waals surface area contributed by atoms with Crippen molar-refractivity contribution < 1.29 is 9.13 Å². The SMILES string of the molecule is CCn1nc(C)cc1C(NC)c1ccc(OC)cc1F. The van der Waals surface area contributed by atoms with E-state index in [9.17, 15) is 4.39 Å². The number of halogens is 1. The maximum Gasteiger partial charge on any atom is 0.132 e. The first-order valence-corrected chi connectivity index (χ1v) is 6.65. The van der Waals surface area contributed by atoms with Crippen LogP contribution >= 0.6 is 0 Å². The fourth-order valence-corrected chi connectivity index (χ4v) is 2.38. The van der Waals surface area contributed by atoms with E-state index in [-0.39, 0.29) is 11.9 Å². The average molecular weight is 277 g/mol. The first-order chi connectivity index (χ1) is 9.60. The molecule has 0 aliphatic rings. The number of aryl methyl sites for hydroxylation is 2. The lowest BCUT2D eigenvalue weighted by molar-refractivity contribution is 0.410. The monoisotopic (exact) mass is 277 g/mol. The third-order valence-corrected chi connectivity index (χ3v) is 3.34. The van der Waals surface area contributed by atoms with E-state index < -0.39 is 0 Å². The predicted molar refractivity (Wildman–Crippen MR) is 76.5 cm³/mol. The zero-order valence-electron chi connectivity index (χ0n) is 12.3. The van der Waals surface area contributed by atoms with E-state index in [0.29, 0.717) is 11.3 Å². The van der Waals surface area contributed by atoms with Crippen LogP contribution in [0, 0.1) is 12.7 Å². The molecule has 0 aliphatic heterocycles. The predicted octanol–water partition coefficient (Wildman–Crippen LogP) is 2.67. The number of nitrogens with one attached hydrogen (secondary N) is 1. The van der Waals surface area contributed by atoms with Gasteiger partial charge in [0, 0.05) is 18.2 Å². The Morgan fingerprint density at radius 1 is 1.40 bits per heavy atom. The van der Waals surface area contributed by atoms with Crippen molar-refractivity contribution in [2.75, 3.05) is 14.2 Å². The van der Waals surface area contributed by atoms with E-state index in [1.54, 1.807) is 12.1 Å². The van der Waals surface area contributed by atoms with E-state index in [2.05, 4.69) is 10.4 Å². The molecule has 1 unspecified atom stereocenters. The fraction of sp³-hybridized carbons (Fsp3) is 0.400. The number of hydrogen-bond acceptors (Lipinski definition) is 3. The summed E-state index contributed by atoms with van der Waals surface area (Å²) in [6, 6.07) is 6.66. The van der Waals surface area contributed by atoms with Gasteiger partial charge in [0.2, 0.25) is 0 Å². The number of benzene rings is 1. The van der Waals surface area contributed by atoms with Gasteiger partial charge in [-0.1, -0.05) is 6.07 Å². The Bertz CT molecular complexity index is 595. The van der Waals surface area contributed by atoms with Crippen LogP contribution in [0.2, 0.25) is 0 Å². The second-order valence-electron chi connectivity index (χ2n) is 4.64. The smallest absolute Gasteiger partial charge is 0.132 e. The third-order valence-electron chi connectivity index (χ3n) is 3.34. The van der Waals surface area contributed by atoms with Crippen LogP contribution in [0.4, 0.5) is 4.39 Å². The molecule has 2 rings (SSSR count). The van der Waals surface area contributed by atoms with Gasteiger partial charge in [-0.05, 0) is 33.0 Å². The second-order valence-corrected chi connectivity index (χ2v) is 4.64. The molecule has 4 nitrogen and oxygen atoms in total. The first kappa shape index (κ1) is 14.5. The number of aromatic nitrogens is 2. The van der Waals surface area contributed by atoms with Gasteiger partial charge in [-0.25, -0.2) is 4.39 Å². The van der Waals surface area contributed by atoms with E-state index >= 15 is 0 Å². The summed E-state index contributed by atoms with van der Waals surface area (Å²) >= 11 is 0. The Labute approximate surface area is 118 Å². The average Bonchev–Trinajstić information content (AvgIpc) is 2.82. The van der Waals surface area contributed by atoms with Gasteiger partial charge in [0.15, 0.2) is 0 Å². The molecule has 1 N–H and O–H groups in total. The van der Waals surface area contributed by atoms with Crippen LogP contribution in [0.25, 0.3) is 0 Å². The minimum atomic E-state index is -0.287. The molecule has 1 atom stereocenters. The van der Waals surface area contributed by atoms with Gasteiger partial charge in [0.1, 0.15) is 11.6 Å². The Balaban J connectivity index is 2.46. The van der Waals surface area contributed by atoms with Gasteiger partial charge < -0.3 is 10.1 Å². The zero-order valence-corrected chi connectivity index (χ0v) is 12.3. The number of hydrogen-bond donors (Lipinski definition) is 1. The maximum atomic E-state index is 14.3. The lowest BCUT2D eigenvalue weighted by atomic mass is 10.0. The molecule has 2 aromatic rings. The molecular formula is C15H20FN3O. The van der Waals surface area contributed by atoms with Gasteiger partial charge in [-0.2, -0.15) is 5.10 Å². The van der Waals surface area contributed by atoms with Crippen LogP contribution in [0.5, 0.6) is 5.75 Å². The molecule has 0 saturated heterocycles. The summed E-state index contributed by atoms with van der Waals surface area (Å²) in [5.41, 5.74) is 2.47. The van der Waals surface area contributed by atoms with Crippen molar-refractivity contribution in [1.29, 1.82) is 0 Å². The third kappa shape index (κ3) is 2.67. The lowest BCUT2D eigenvalue weighted by Crippen LogP contribution is -2.22. The van der Waals surface area contributed by atoms with Gasteiger partial charge in [0.25, 0.3) is 0 Å². The highest BCUT2D eigenvalue weighted by Gasteiger charge is 2.20. The molecule has 0 fully saturated rings. The molecule has 0 bridgehead atoms. The Morgan fingerprint density at radius 3 is 2.70 bits per heavy atom. The molecular weight excluding hydrogens is 257 g/mol. The van der Waals surface area contributed by atoms with Crippen LogP contribution in [0.15, 0.2) is 24.3 Å². The molecule has 0 aliphatic carbocycles. The molecule has 1 heterocycles. The molecule has 5 heteroatoms. The summed E-state index contributed by atoms with van der Waals surface area (Å²) in [6.07, 6.45) is 0. The molecule has 20 heavy (non-hydrogen) atoms. The molecule has 108 valence electrons. The van der Waals surface area contributed by atoms with Crippen molar-refractivity contribution >= 4 is 0 Å². The summed E-state index contributed by atoms with van der Waals surface area (Å²) in [5, 5.41) is 7.58. The van der Waals surface area contributed by atoms with Crippen LogP contribution in [-0.2, 0) is 6.54 Å². The van der Waals surface area contributed by atoms with Crippen LogP contribution in [0.3, 0.4) is 0 Å². The number of nitrogens with zero attached hydrogens (tertiary/aromatic N) is 2. The molecule has 0 radical (unpaired) electrons. The van der Waals surface area contributed by atoms with Crippen molar-refractivity contribution in [2.45, 2.75) is 26.4 Å². The Kier molecular flexibility index (Phi) is 4.39. The summed E-state index contributed by atoms with van der Waals surface area (Å²) < 4.78 is 21.2. The van der Waals surface area contributed by atoms with E-state index in [1.165, 1.54) is 13.2 Å².